The first-order valence-electron chi connectivity index (χ1n) is 12.6. The first-order valence-corrected chi connectivity index (χ1v) is 12.6. The number of nitrogens with one attached hydrogen (secondary N) is 5. The molecule has 31 heavy (non-hydrogen) atoms. The van der Waals surface area contributed by atoms with E-state index in [1.54, 1.807) is 0 Å². The lowest BCUT2D eigenvalue weighted by atomic mass is 9.92. The van der Waals surface area contributed by atoms with Crippen LogP contribution in [0, 0.1) is 11.8 Å². The molecular formula is C22H45N8O+. The highest BCUT2D eigenvalue weighted by Gasteiger charge is 2.46. The van der Waals surface area contributed by atoms with E-state index in [0.29, 0.717) is 18.0 Å². The van der Waals surface area contributed by atoms with Crippen molar-refractivity contribution in [3.05, 3.63) is 0 Å². The topological polar surface area (TPSA) is 125 Å². The summed E-state index contributed by atoms with van der Waals surface area (Å²) in [7, 11) is 0. The van der Waals surface area contributed by atoms with E-state index in [-0.39, 0.29) is 18.1 Å². The van der Waals surface area contributed by atoms with E-state index in [1.807, 2.05) is 0 Å². The van der Waals surface area contributed by atoms with E-state index in [2.05, 4.69) is 33.1 Å². The molecule has 6 unspecified atom stereocenters. The summed E-state index contributed by atoms with van der Waals surface area (Å²) in [5, 5.41) is 14.0. The van der Waals surface area contributed by atoms with Crippen molar-refractivity contribution in [2.45, 2.75) is 69.5 Å². The lowest BCUT2D eigenvalue weighted by molar-refractivity contribution is -0.962. The number of hydrogen-bond donors (Lipinski definition) is 7. The standard InChI is InChI=1S/C22H44N8O/c1-15-12-27-21(30(14-15)16-4-2-3-5-16)19(20(23)24)22(31)28-17-13-26-7-6-18(17)29-10-8-25-9-11-29/h15-21,25-27H,2-14,23-24H2,1H3,(H,28,31)/p+1. The van der Waals surface area contributed by atoms with Crippen LogP contribution in [0.4, 0.5) is 0 Å². The Hall–Kier alpha value is -0.810. The molecule has 0 aromatic rings. The van der Waals surface area contributed by atoms with Gasteiger partial charge in [-0.3, -0.25) is 15.0 Å². The number of rotatable bonds is 6. The Morgan fingerprint density at radius 1 is 1.06 bits per heavy atom. The van der Waals surface area contributed by atoms with E-state index < -0.39 is 12.1 Å². The number of carbonyl (C=O) groups excluding carboxylic acids is 1. The second kappa shape index (κ2) is 10.9. The Balaban J connectivity index is 1.46. The number of hydrogen-bond acceptors (Lipinski definition) is 7. The molecular weight excluding hydrogens is 392 g/mol. The largest absolute Gasteiger partial charge is 0.350 e. The van der Waals surface area contributed by atoms with Gasteiger partial charge in [0.2, 0.25) is 5.91 Å². The van der Waals surface area contributed by atoms with E-state index >= 15 is 0 Å². The van der Waals surface area contributed by atoms with Crippen LogP contribution in [0.5, 0.6) is 0 Å². The van der Waals surface area contributed by atoms with E-state index in [0.717, 1.165) is 58.8 Å². The van der Waals surface area contributed by atoms with Crippen LogP contribution >= 0.6 is 0 Å². The second-order valence-corrected chi connectivity index (χ2v) is 10.3. The van der Waals surface area contributed by atoms with Crippen LogP contribution in [0.25, 0.3) is 0 Å². The van der Waals surface area contributed by atoms with Crippen LogP contribution < -0.4 is 37.6 Å². The third kappa shape index (κ3) is 5.58. The highest BCUT2D eigenvalue weighted by atomic mass is 16.2. The van der Waals surface area contributed by atoms with Gasteiger partial charge in [-0.1, -0.05) is 6.92 Å². The zero-order chi connectivity index (χ0) is 21.8. The predicted octanol–water partition coefficient (Wildman–Crippen LogP) is -3.01. The minimum atomic E-state index is -0.670. The number of piperidine rings is 1. The number of quaternary nitrogens is 1. The van der Waals surface area contributed by atoms with Gasteiger partial charge in [0.15, 0.2) is 6.17 Å². The molecule has 3 aliphatic heterocycles. The van der Waals surface area contributed by atoms with Crippen molar-refractivity contribution < 1.29 is 9.69 Å². The Bertz CT molecular complexity index is 578. The van der Waals surface area contributed by atoms with E-state index in [4.69, 9.17) is 11.5 Å². The van der Waals surface area contributed by atoms with Crippen LogP contribution in [0.1, 0.15) is 39.0 Å². The van der Waals surface area contributed by atoms with Crippen LogP contribution in [0.2, 0.25) is 0 Å². The number of piperazine rings is 1. The molecule has 0 bridgehead atoms. The van der Waals surface area contributed by atoms with Crippen molar-refractivity contribution in [2.75, 3.05) is 52.4 Å². The molecule has 3 saturated heterocycles. The Morgan fingerprint density at radius 2 is 1.81 bits per heavy atom. The maximum Gasteiger partial charge on any atom is 0.233 e. The predicted molar refractivity (Wildman–Crippen MR) is 122 cm³/mol. The zero-order valence-corrected chi connectivity index (χ0v) is 19.2. The molecule has 1 aliphatic carbocycles. The molecule has 3 heterocycles. The maximum atomic E-state index is 13.6. The number of nitrogens with zero attached hydrogens (tertiary/aromatic N) is 1. The van der Waals surface area contributed by atoms with Gasteiger partial charge in [0, 0.05) is 51.2 Å². The Labute approximate surface area is 187 Å². The summed E-state index contributed by atoms with van der Waals surface area (Å²) < 4.78 is 0. The molecule has 0 aromatic carbocycles. The van der Waals surface area contributed by atoms with Gasteiger partial charge in [0.1, 0.15) is 5.92 Å². The molecule has 9 nitrogen and oxygen atoms in total. The van der Waals surface area contributed by atoms with Gasteiger partial charge in [-0.2, -0.15) is 0 Å². The average molecular weight is 438 g/mol. The van der Waals surface area contributed by atoms with Gasteiger partial charge in [0.05, 0.1) is 24.8 Å². The molecule has 1 saturated carbocycles. The fourth-order valence-electron chi connectivity index (χ4n) is 6.41. The summed E-state index contributed by atoms with van der Waals surface area (Å²) >= 11 is 0. The highest BCUT2D eigenvalue weighted by Crippen LogP contribution is 2.19. The quantitative estimate of drug-likeness (QED) is 0.221. The zero-order valence-electron chi connectivity index (χ0n) is 19.2. The molecule has 4 fully saturated rings. The van der Waals surface area contributed by atoms with Crippen LogP contribution in [0.15, 0.2) is 0 Å². The van der Waals surface area contributed by atoms with Crippen LogP contribution in [-0.2, 0) is 4.79 Å². The Kier molecular flexibility index (Phi) is 8.19. The number of nitrogens with two attached hydrogens (primary N) is 2. The monoisotopic (exact) mass is 437 g/mol. The summed E-state index contributed by atoms with van der Waals surface area (Å²) in [6.07, 6.45) is 5.45. The first-order chi connectivity index (χ1) is 15.0. The minimum Gasteiger partial charge on any atom is -0.350 e. The molecule has 1 amide bonds. The summed E-state index contributed by atoms with van der Waals surface area (Å²) in [4.78, 5) is 17.7. The van der Waals surface area contributed by atoms with Crippen molar-refractivity contribution in [3.63, 3.8) is 0 Å². The number of amides is 1. The molecule has 0 radical (unpaired) electrons. The van der Waals surface area contributed by atoms with Crippen molar-refractivity contribution in [1.82, 2.24) is 26.2 Å². The van der Waals surface area contributed by atoms with Gasteiger partial charge in [-0.25, -0.2) is 0 Å². The fourth-order valence-corrected chi connectivity index (χ4v) is 6.41. The molecule has 178 valence electrons. The van der Waals surface area contributed by atoms with Crippen molar-refractivity contribution in [2.24, 2.45) is 23.3 Å². The first kappa shape index (κ1) is 23.4. The SMILES string of the molecule is CC1CNC(C(C(=O)NC2CNCCC2N2CCNCC2)C(N)N)[NH+](C2CCCC2)C1. The molecule has 0 aromatic heterocycles. The van der Waals surface area contributed by atoms with Gasteiger partial charge in [-0.05, 0) is 38.6 Å². The minimum absolute atomic E-state index is 0.00603. The van der Waals surface area contributed by atoms with Crippen LogP contribution in [0.3, 0.4) is 0 Å². The highest BCUT2D eigenvalue weighted by molar-refractivity contribution is 5.80. The molecule has 4 rings (SSSR count). The van der Waals surface area contributed by atoms with Gasteiger partial charge < -0.3 is 32.3 Å². The Morgan fingerprint density at radius 3 is 2.52 bits per heavy atom. The lowest BCUT2D eigenvalue weighted by Gasteiger charge is -2.45. The lowest BCUT2D eigenvalue weighted by Crippen LogP contribution is -3.23. The third-order valence-electron chi connectivity index (χ3n) is 8.02. The molecule has 6 atom stereocenters. The van der Waals surface area contributed by atoms with Gasteiger partial charge in [0.25, 0.3) is 0 Å². The van der Waals surface area contributed by atoms with Crippen molar-refractivity contribution >= 4 is 5.91 Å². The summed E-state index contributed by atoms with van der Waals surface area (Å²) in [5.41, 5.74) is 12.6. The summed E-state index contributed by atoms with van der Waals surface area (Å²) in [6, 6.07) is 1.08. The van der Waals surface area contributed by atoms with E-state index in [1.165, 1.54) is 30.6 Å². The van der Waals surface area contributed by atoms with Crippen molar-refractivity contribution in [1.29, 1.82) is 0 Å². The molecule has 0 spiro atoms. The van der Waals surface area contributed by atoms with Crippen molar-refractivity contribution in [3.8, 4) is 0 Å². The third-order valence-corrected chi connectivity index (χ3v) is 8.02. The van der Waals surface area contributed by atoms with Crippen LogP contribution in [-0.4, -0.2) is 93.6 Å². The smallest absolute Gasteiger partial charge is 0.233 e. The van der Waals surface area contributed by atoms with Gasteiger partial charge in [-0.15, -0.1) is 0 Å². The normalized spacial score (nSPS) is 37.1. The molecule has 9 heteroatoms. The maximum absolute atomic E-state index is 13.6. The number of carbonyl (C=O) groups is 1. The summed E-state index contributed by atoms with van der Waals surface area (Å²) in [5.74, 6) is 0.198. The molecule has 9 N–H and O–H groups in total. The molecule has 4 aliphatic rings. The summed E-state index contributed by atoms with van der Waals surface area (Å²) in [6.45, 7) is 10.2. The van der Waals surface area contributed by atoms with E-state index in [9.17, 15) is 4.79 Å². The average Bonchev–Trinajstić information content (AvgIpc) is 3.30. The second-order valence-electron chi connectivity index (χ2n) is 10.3. The van der Waals surface area contributed by atoms with Gasteiger partial charge >= 0.3 is 0 Å². The fraction of sp³-hybridized carbons (Fsp3) is 0.955.